The SMILES string of the molecule is COC(OC)c1cccc(-c2ccc(CC(N)C(=O)O)s2)c1. The number of aliphatic carboxylic acids is 1. The van der Waals surface area contributed by atoms with Gasteiger partial charge in [-0.1, -0.05) is 18.2 Å². The molecule has 0 spiro atoms. The van der Waals surface area contributed by atoms with Crippen LogP contribution in [0.25, 0.3) is 10.4 Å². The molecule has 0 amide bonds. The van der Waals surface area contributed by atoms with Crippen LogP contribution in [-0.4, -0.2) is 31.3 Å². The minimum Gasteiger partial charge on any atom is -0.480 e. The minimum absolute atomic E-state index is 0.332. The molecule has 2 rings (SSSR count). The van der Waals surface area contributed by atoms with Crippen molar-refractivity contribution in [1.82, 2.24) is 0 Å². The van der Waals surface area contributed by atoms with E-state index >= 15 is 0 Å². The van der Waals surface area contributed by atoms with Gasteiger partial charge in [-0.3, -0.25) is 4.79 Å². The number of hydrogen-bond acceptors (Lipinski definition) is 5. The summed E-state index contributed by atoms with van der Waals surface area (Å²) in [5.41, 5.74) is 7.54. The number of rotatable bonds is 7. The maximum absolute atomic E-state index is 10.8. The highest BCUT2D eigenvalue weighted by molar-refractivity contribution is 7.15. The van der Waals surface area contributed by atoms with Crippen molar-refractivity contribution in [2.24, 2.45) is 5.73 Å². The highest BCUT2D eigenvalue weighted by Crippen LogP contribution is 2.31. The highest BCUT2D eigenvalue weighted by atomic mass is 32.1. The van der Waals surface area contributed by atoms with Crippen LogP contribution in [0.5, 0.6) is 0 Å². The van der Waals surface area contributed by atoms with Crippen molar-refractivity contribution in [2.75, 3.05) is 14.2 Å². The van der Waals surface area contributed by atoms with Crippen LogP contribution < -0.4 is 5.73 Å². The largest absolute Gasteiger partial charge is 0.480 e. The van der Waals surface area contributed by atoms with Crippen LogP contribution >= 0.6 is 11.3 Å². The van der Waals surface area contributed by atoms with Crippen LogP contribution in [0.1, 0.15) is 16.7 Å². The molecule has 0 bridgehead atoms. The fourth-order valence-corrected chi connectivity index (χ4v) is 3.22. The first-order valence-electron chi connectivity index (χ1n) is 6.78. The summed E-state index contributed by atoms with van der Waals surface area (Å²) in [6.07, 6.45) is -0.0711. The van der Waals surface area contributed by atoms with Crippen LogP contribution in [0.15, 0.2) is 36.4 Å². The number of ether oxygens (including phenoxy) is 2. The Kier molecular flexibility index (Phi) is 5.68. The molecule has 0 fully saturated rings. The normalized spacial score (nSPS) is 12.5. The molecular weight excluding hydrogens is 302 g/mol. The van der Waals surface area contributed by atoms with Gasteiger partial charge in [0.25, 0.3) is 0 Å². The zero-order valence-electron chi connectivity index (χ0n) is 12.5. The molecule has 0 aliphatic carbocycles. The molecule has 0 saturated carbocycles. The molecule has 1 aromatic heterocycles. The van der Waals surface area contributed by atoms with E-state index in [0.29, 0.717) is 6.42 Å². The van der Waals surface area contributed by atoms with Crippen LogP contribution in [-0.2, 0) is 20.7 Å². The molecule has 3 N–H and O–H groups in total. The van der Waals surface area contributed by atoms with E-state index in [0.717, 1.165) is 20.9 Å². The third kappa shape index (κ3) is 3.92. The lowest BCUT2D eigenvalue weighted by molar-refractivity contribution is -0.138. The topological polar surface area (TPSA) is 81.8 Å². The molecule has 1 atom stereocenters. The molecule has 0 radical (unpaired) electrons. The summed E-state index contributed by atoms with van der Waals surface area (Å²) in [4.78, 5) is 12.8. The van der Waals surface area contributed by atoms with Crippen molar-refractivity contribution in [3.8, 4) is 10.4 Å². The van der Waals surface area contributed by atoms with E-state index in [2.05, 4.69) is 0 Å². The Bertz CT molecular complexity index is 637. The number of methoxy groups -OCH3 is 2. The predicted octanol–water partition coefficient (Wildman–Crippen LogP) is 2.66. The first-order chi connectivity index (χ1) is 10.5. The van der Waals surface area contributed by atoms with E-state index in [1.165, 1.54) is 0 Å². The van der Waals surface area contributed by atoms with Gasteiger partial charge in [-0.25, -0.2) is 0 Å². The Balaban J connectivity index is 2.20. The maximum Gasteiger partial charge on any atom is 0.320 e. The molecule has 6 heteroatoms. The number of hydrogen-bond donors (Lipinski definition) is 2. The van der Waals surface area contributed by atoms with E-state index < -0.39 is 18.3 Å². The van der Waals surface area contributed by atoms with E-state index in [4.69, 9.17) is 20.3 Å². The Labute approximate surface area is 133 Å². The molecule has 0 saturated heterocycles. The third-order valence-electron chi connectivity index (χ3n) is 3.27. The summed E-state index contributed by atoms with van der Waals surface area (Å²) in [6, 6.07) is 10.9. The summed E-state index contributed by atoms with van der Waals surface area (Å²) in [6.45, 7) is 0. The van der Waals surface area contributed by atoms with Crippen molar-refractivity contribution in [1.29, 1.82) is 0 Å². The molecule has 1 unspecified atom stereocenters. The molecule has 5 nitrogen and oxygen atoms in total. The minimum atomic E-state index is -0.986. The lowest BCUT2D eigenvalue weighted by Crippen LogP contribution is -2.31. The van der Waals surface area contributed by atoms with Gasteiger partial charge >= 0.3 is 5.97 Å². The van der Waals surface area contributed by atoms with Crippen molar-refractivity contribution in [2.45, 2.75) is 18.8 Å². The average Bonchev–Trinajstić information content (AvgIpc) is 2.97. The second-order valence-corrected chi connectivity index (χ2v) is 6.01. The summed E-state index contributed by atoms with van der Waals surface area (Å²) in [7, 11) is 3.19. The molecule has 1 aromatic carbocycles. The monoisotopic (exact) mass is 321 g/mol. The van der Waals surface area contributed by atoms with Gasteiger partial charge in [-0.2, -0.15) is 0 Å². The van der Waals surface area contributed by atoms with Gasteiger partial charge in [0.05, 0.1) is 0 Å². The number of nitrogens with two attached hydrogens (primary N) is 1. The molecule has 2 aromatic rings. The highest BCUT2D eigenvalue weighted by Gasteiger charge is 2.15. The van der Waals surface area contributed by atoms with Gasteiger partial charge in [0, 0.05) is 36.0 Å². The second kappa shape index (κ2) is 7.51. The van der Waals surface area contributed by atoms with E-state index in [1.807, 2.05) is 36.4 Å². The molecule has 0 aliphatic heterocycles. The summed E-state index contributed by atoms with van der Waals surface area (Å²) >= 11 is 1.54. The first-order valence-corrected chi connectivity index (χ1v) is 7.59. The molecule has 118 valence electrons. The number of thiophene rings is 1. The lowest BCUT2D eigenvalue weighted by atomic mass is 10.1. The van der Waals surface area contributed by atoms with Crippen LogP contribution in [0.4, 0.5) is 0 Å². The number of carbonyl (C=O) groups is 1. The quantitative estimate of drug-likeness (QED) is 0.766. The average molecular weight is 321 g/mol. The summed E-state index contributed by atoms with van der Waals surface area (Å²) < 4.78 is 10.5. The zero-order valence-corrected chi connectivity index (χ0v) is 13.3. The molecule has 22 heavy (non-hydrogen) atoms. The van der Waals surface area contributed by atoms with Crippen LogP contribution in [0.2, 0.25) is 0 Å². The fraction of sp³-hybridized carbons (Fsp3) is 0.312. The zero-order chi connectivity index (χ0) is 16.1. The van der Waals surface area contributed by atoms with E-state index in [9.17, 15) is 4.79 Å². The van der Waals surface area contributed by atoms with Crippen LogP contribution in [0, 0.1) is 0 Å². The van der Waals surface area contributed by atoms with Gasteiger partial charge < -0.3 is 20.3 Å². The van der Waals surface area contributed by atoms with E-state index in [-0.39, 0.29) is 0 Å². The van der Waals surface area contributed by atoms with Crippen LogP contribution in [0.3, 0.4) is 0 Å². The number of carboxylic acid groups (broad SMARTS) is 1. The van der Waals surface area contributed by atoms with Gasteiger partial charge in [-0.15, -0.1) is 11.3 Å². The van der Waals surface area contributed by atoms with Crippen molar-refractivity contribution in [3.63, 3.8) is 0 Å². The van der Waals surface area contributed by atoms with Crippen molar-refractivity contribution >= 4 is 17.3 Å². The Morgan fingerprint density at radius 2 is 2.00 bits per heavy atom. The van der Waals surface area contributed by atoms with Gasteiger partial charge in [0.15, 0.2) is 6.29 Å². The molecule has 1 heterocycles. The standard InChI is InChI=1S/C16H19NO4S/c1-20-16(21-2)11-5-3-4-10(8-11)14-7-6-12(22-14)9-13(17)15(18)19/h3-8,13,16H,9,17H2,1-2H3,(H,18,19). The smallest absolute Gasteiger partial charge is 0.320 e. The summed E-state index contributed by atoms with van der Waals surface area (Å²) in [5.74, 6) is -0.986. The third-order valence-corrected chi connectivity index (χ3v) is 4.43. The van der Waals surface area contributed by atoms with Gasteiger partial charge in [0.2, 0.25) is 0 Å². The van der Waals surface area contributed by atoms with Gasteiger partial charge in [-0.05, 0) is 23.8 Å². The van der Waals surface area contributed by atoms with Crippen molar-refractivity contribution < 1.29 is 19.4 Å². The number of carboxylic acids is 1. The first kappa shape index (κ1) is 16.6. The fourth-order valence-electron chi connectivity index (χ4n) is 2.15. The molecule has 0 aliphatic rings. The maximum atomic E-state index is 10.8. The Morgan fingerprint density at radius 3 is 2.64 bits per heavy atom. The molecular formula is C16H19NO4S. The van der Waals surface area contributed by atoms with Crippen molar-refractivity contribution in [3.05, 3.63) is 46.8 Å². The Hall–Kier alpha value is -1.73. The van der Waals surface area contributed by atoms with Gasteiger partial charge in [0.1, 0.15) is 6.04 Å². The Morgan fingerprint density at radius 1 is 1.27 bits per heavy atom. The number of benzene rings is 1. The summed E-state index contributed by atoms with van der Waals surface area (Å²) in [5, 5.41) is 8.87. The van der Waals surface area contributed by atoms with E-state index in [1.54, 1.807) is 25.6 Å². The lowest BCUT2D eigenvalue weighted by Gasteiger charge is -2.14. The predicted molar refractivity (Wildman–Crippen MR) is 85.8 cm³/mol. The second-order valence-electron chi connectivity index (χ2n) is 4.84.